The number of nitrogens with one attached hydrogen (secondary N) is 1. The van der Waals surface area contributed by atoms with E-state index in [0.29, 0.717) is 28.3 Å². The molecule has 0 aliphatic heterocycles. The number of methoxy groups -OCH3 is 1. The normalized spacial score (nSPS) is 15.5. The fourth-order valence-electron chi connectivity index (χ4n) is 4.12. The molecular weight excluding hydrogens is 407 g/mol. The highest BCUT2D eigenvalue weighted by molar-refractivity contribution is 6.34. The van der Waals surface area contributed by atoms with E-state index in [1.165, 1.54) is 19.2 Å². The van der Waals surface area contributed by atoms with Gasteiger partial charge in [0.2, 0.25) is 0 Å². The SMILES string of the molecule is COC(=O)c1ccc(-c2n[nH]c3c2C(C(=O)c2c(C)cccc2Cl)CCC3)c(F)c1. The summed E-state index contributed by atoms with van der Waals surface area (Å²) in [6.45, 7) is 1.85. The van der Waals surface area contributed by atoms with Gasteiger partial charge in [-0.15, -0.1) is 0 Å². The molecule has 1 heterocycles. The van der Waals surface area contributed by atoms with E-state index >= 15 is 0 Å². The molecule has 1 aliphatic rings. The predicted molar refractivity (Wildman–Crippen MR) is 112 cm³/mol. The third-order valence-corrected chi connectivity index (χ3v) is 5.90. The first kappa shape index (κ1) is 20.3. The summed E-state index contributed by atoms with van der Waals surface area (Å²) >= 11 is 6.34. The van der Waals surface area contributed by atoms with E-state index in [1.807, 2.05) is 19.1 Å². The number of benzene rings is 2. The van der Waals surface area contributed by atoms with E-state index < -0.39 is 17.7 Å². The molecule has 0 saturated heterocycles. The summed E-state index contributed by atoms with van der Waals surface area (Å²) < 4.78 is 19.5. The lowest BCUT2D eigenvalue weighted by molar-refractivity contribution is 0.0600. The molecule has 1 unspecified atom stereocenters. The first-order valence-corrected chi connectivity index (χ1v) is 10.0. The van der Waals surface area contributed by atoms with E-state index in [4.69, 9.17) is 11.6 Å². The van der Waals surface area contributed by atoms with Crippen LogP contribution in [-0.4, -0.2) is 29.1 Å². The molecule has 1 N–H and O–H groups in total. The van der Waals surface area contributed by atoms with Crippen molar-refractivity contribution in [1.82, 2.24) is 10.2 Å². The van der Waals surface area contributed by atoms with Crippen LogP contribution in [0.1, 0.15) is 56.3 Å². The van der Waals surface area contributed by atoms with Crippen molar-refractivity contribution in [2.45, 2.75) is 32.1 Å². The molecule has 0 saturated carbocycles. The number of ketones is 1. The van der Waals surface area contributed by atoms with E-state index in [9.17, 15) is 14.0 Å². The minimum Gasteiger partial charge on any atom is -0.465 e. The highest BCUT2D eigenvalue weighted by Gasteiger charge is 2.34. The highest BCUT2D eigenvalue weighted by Crippen LogP contribution is 2.41. The number of hydrogen-bond acceptors (Lipinski definition) is 4. The molecule has 1 atom stereocenters. The Bertz CT molecular complexity index is 1140. The molecule has 3 aromatic rings. The van der Waals surface area contributed by atoms with E-state index in [-0.39, 0.29) is 16.9 Å². The number of aromatic nitrogens is 2. The molecule has 2 aromatic carbocycles. The summed E-state index contributed by atoms with van der Waals surface area (Å²) in [4.78, 5) is 25.2. The molecule has 4 rings (SSSR count). The lowest BCUT2D eigenvalue weighted by Gasteiger charge is -2.23. The van der Waals surface area contributed by atoms with Crippen LogP contribution in [-0.2, 0) is 11.2 Å². The topological polar surface area (TPSA) is 72.0 Å². The number of aromatic amines is 1. The van der Waals surface area contributed by atoms with Gasteiger partial charge in [0.25, 0.3) is 0 Å². The van der Waals surface area contributed by atoms with Crippen LogP contribution < -0.4 is 0 Å². The highest BCUT2D eigenvalue weighted by atomic mass is 35.5. The first-order chi connectivity index (χ1) is 14.4. The summed E-state index contributed by atoms with van der Waals surface area (Å²) in [7, 11) is 1.24. The molecule has 1 aromatic heterocycles. The number of hydrogen-bond donors (Lipinski definition) is 1. The molecule has 5 nitrogen and oxygen atoms in total. The van der Waals surface area contributed by atoms with Crippen molar-refractivity contribution in [2.75, 3.05) is 7.11 Å². The monoisotopic (exact) mass is 426 g/mol. The van der Waals surface area contributed by atoms with Gasteiger partial charge in [0.05, 0.1) is 29.3 Å². The second-order valence-corrected chi connectivity index (χ2v) is 7.80. The van der Waals surface area contributed by atoms with Crippen molar-refractivity contribution in [3.05, 3.63) is 75.2 Å². The summed E-state index contributed by atoms with van der Waals surface area (Å²) in [5.74, 6) is -1.78. The number of carbonyl (C=O) groups excluding carboxylic acids is 2. The number of fused-ring (bicyclic) bond motifs is 1. The van der Waals surface area contributed by atoms with E-state index in [0.717, 1.165) is 30.2 Å². The first-order valence-electron chi connectivity index (χ1n) is 9.67. The zero-order valence-corrected chi connectivity index (χ0v) is 17.3. The summed E-state index contributed by atoms with van der Waals surface area (Å²) in [5, 5.41) is 7.71. The average molecular weight is 427 g/mol. The Labute approximate surface area is 178 Å². The van der Waals surface area contributed by atoms with Crippen LogP contribution in [0, 0.1) is 12.7 Å². The third kappa shape index (κ3) is 3.41. The zero-order chi connectivity index (χ0) is 21.4. The Hall–Kier alpha value is -2.99. The van der Waals surface area contributed by atoms with Gasteiger partial charge in [-0.3, -0.25) is 9.89 Å². The second-order valence-electron chi connectivity index (χ2n) is 7.39. The number of aryl methyl sites for hydroxylation is 2. The molecule has 7 heteroatoms. The van der Waals surface area contributed by atoms with E-state index in [1.54, 1.807) is 6.07 Å². The van der Waals surface area contributed by atoms with Gasteiger partial charge in [0.15, 0.2) is 5.78 Å². The van der Waals surface area contributed by atoms with Gasteiger partial charge in [-0.25, -0.2) is 9.18 Å². The molecule has 0 spiro atoms. The Kier molecular flexibility index (Phi) is 5.43. The third-order valence-electron chi connectivity index (χ3n) is 5.58. The van der Waals surface area contributed by atoms with Gasteiger partial charge < -0.3 is 4.74 Å². The minimum absolute atomic E-state index is 0.0895. The fraction of sp³-hybridized carbons (Fsp3) is 0.261. The number of halogens is 2. The van der Waals surface area contributed by atoms with Crippen LogP contribution in [0.4, 0.5) is 4.39 Å². The Morgan fingerprint density at radius 1 is 1.27 bits per heavy atom. The van der Waals surface area contributed by atoms with Crippen LogP contribution in [0.5, 0.6) is 0 Å². The van der Waals surface area contributed by atoms with Crippen molar-refractivity contribution in [1.29, 1.82) is 0 Å². The summed E-state index contributed by atoms with van der Waals surface area (Å²) in [6.07, 6.45) is 2.18. The number of carbonyl (C=O) groups is 2. The quantitative estimate of drug-likeness (QED) is 0.456. The smallest absolute Gasteiger partial charge is 0.337 e. The molecule has 0 radical (unpaired) electrons. The van der Waals surface area contributed by atoms with Gasteiger partial charge in [-0.1, -0.05) is 23.7 Å². The molecule has 154 valence electrons. The molecule has 30 heavy (non-hydrogen) atoms. The molecule has 0 bridgehead atoms. The molecular formula is C23H20ClFN2O3. The summed E-state index contributed by atoms with van der Waals surface area (Å²) in [5.41, 5.74) is 3.56. The van der Waals surface area contributed by atoms with Crippen LogP contribution in [0.2, 0.25) is 5.02 Å². The van der Waals surface area contributed by atoms with Gasteiger partial charge >= 0.3 is 5.97 Å². The van der Waals surface area contributed by atoms with Crippen LogP contribution in [0.25, 0.3) is 11.3 Å². The number of H-pyrrole nitrogens is 1. The largest absolute Gasteiger partial charge is 0.465 e. The Morgan fingerprint density at radius 2 is 2.07 bits per heavy atom. The van der Waals surface area contributed by atoms with Gasteiger partial charge in [-0.05, 0) is 56.0 Å². The zero-order valence-electron chi connectivity index (χ0n) is 16.6. The molecule has 1 aliphatic carbocycles. The maximum absolute atomic E-state index is 14.9. The maximum atomic E-state index is 14.9. The minimum atomic E-state index is -0.619. The van der Waals surface area contributed by atoms with Gasteiger partial charge in [0.1, 0.15) is 5.82 Å². The van der Waals surface area contributed by atoms with Crippen molar-refractivity contribution in [2.24, 2.45) is 0 Å². The van der Waals surface area contributed by atoms with Crippen LogP contribution in [0.3, 0.4) is 0 Å². The molecule has 0 amide bonds. The standard InChI is InChI=1S/C23H20ClFN2O3/c1-12-5-3-7-16(24)19(12)22(28)15-6-4-8-18-20(15)21(27-26-18)14-10-9-13(11-17(14)25)23(29)30-2/h3,5,7,9-11,15H,4,6,8H2,1-2H3,(H,26,27). The number of ether oxygens (including phenoxy) is 1. The summed E-state index contributed by atoms with van der Waals surface area (Å²) in [6, 6.07) is 9.47. The number of rotatable bonds is 4. The van der Waals surface area contributed by atoms with Crippen molar-refractivity contribution in [3.8, 4) is 11.3 Å². The van der Waals surface area contributed by atoms with Gasteiger partial charge in [-0.2, -0.15) is 5.10 Å². The van der Waals surface area contributed by atoms with Crippen molar-refractivity contribution in [3.63, 3.8) is 0 Å². The van der Waals surface area contributed by atoms with Crippen LogP contribution >= 0.6 is 11.6 Å². The maximum Gasteiger partial charge on any atom is 0.337 e. The lowest BCUT2D eigenvalue weighted by Crippen LogP contribution is -2.20. The van der Waals surface area contributed by atoms with Crippen LogP contribution in [0.15, 0.2) is 36.4 Å². The predicted octanol–water partition coefficient (Wildman–Crippen LogP) is 5.27. The second kappa shape index (κ2) is 8.03. The Morgan fingerprint density at radius 3 is 2.77 bits per heavy atom. The average Bonchev–Trinajstić information content (AvgIpc) is 3.17. The molecule has 0 fully saturated rings. The van der Waals surface area contributed by atoms with E-state index in [2.05, 4.69) is 14.9 Å². The fourth-order valence-corrected chi connectivity index (χ4v) is 4.43. The Balaban J connectivity index is 1.80. The van der Waals surface area contributed by atoms with Crippen molar-refractivity contribution < 1.29 is 18.7 Å². The number of Topliss-reactive ketones (excluding diaryl/α,β-unsaturated/α-hetero) is 1. The number of esters is 1. The lowest BCUT2D eigenvalue weighted by atomic mass is 9.79. The van der Waals surface area contributed by atoms with Gasteiger partial charge in [0, 0.05) is 22.4 Å². The van der Waals surface area contributed by atoms with Crippen molar-refractivity contribution >= 4 is 23.4 Å². The number of nitrogens with zero attached hydrogens (tertiary/aromatic N) is 1.